The van der Waals surface area contributed by atoms with Crippen molar-refractivity contribution in [3.05, 3.63) is 29.3 Å². The molecule has 0 spiro atoms. The summed E-state index contributed by atoms with van der Waals surface area (Å²) in [5.41, 5.74) is 0.759. The molecule has 19 heavy (non-hydrogen) atoms. The first-order chi connectivity index (χ1) is 9.27. The number of amides is 1. The van der Waals surface area contributed by atoms with Crippen molar-refractivity contribution in [2.75, 3.05) is 24.6 Å². The van der Waals surface area contributed by atoms with Crippen LogP contribution in [0.4, 0.5) is 10.5 Å². The Morgan fingerprint density at radius 2 is 2.00 bits per heavy atom. The lowest BCUT2D eigenvalue weighted by Gasteiger charge is -2.32. The minimum atomic E-state index is -0.281. The molecule has 0 aromatic heterocycles. The highest BCUT2D eigenvalue weighted by molar-refractivity contribution is 6.33. The summed E-state index contributed by atoms with van der Waals surface area (Å²) in [6.45, 7) is 2.48. The Kier molecular flexibility index (Phi) is 3.62. The lowest BCUT2D eigenvalue weighted by atomic mass is 9.90. The number of hydrogen-bond acceptors (Lipinski definition) is 3. The highest BCUT2D eigenvalue weighted by Crippen LogP contribution is 2.34. The first-order valence-corrected chi connectivity index (χ1v) is 7.06. The minimum absolute atomic E-state index is 0.106. The maximum Gasteiger partial charge on any atom is 0.414 e. The van der Waals surface area contributed by atoms with Crippen molar-refractivity contribution >= 4 is 23.4 Å². The predicted molar refractivity (Wildman–Crippen MR) is 74.7 cm³/mol. The number of carbonyl (C=O) groups is 1. The molecule has 1 amide bonds. The molecule has 2 aliphatic rings. The number of halogens is 1. The third-order valence-electron chi connectivity index (χ3n) is 3.95. The van der Waals surface area contributed by atoms with Gasteiger partial charge in [-0.1, -0.05) is 23.7 Å². The van der Waals surface area contributed by atoms with E-state index in [9.17, 15) is 4.79 Å². The van der Waals surface area contributed by atoms with E-state index in [2.05, 4.69) is 5.32 Å². The largest absolute Gasteiger partial charge is 0.447 e. The van der Waals surface area contributed by atoms with Gasteiger partial charge in [0.1, 0.15) is 6.61 Å². The third-order valence-corrected chi connectivity index (χ3v) is 4.27. The van der Waals surface area contributed by atoms with Crippen LogP contribution < -0.4 is 10.2 Å². The molecule has 1 aromatic carbocycles. The molecule has 102 valence electrons. The molecule has 2 fully saturated rings. The van der Waals surface area contributed by atoms with E-state index in [1.54, 1.807) is 4.90 Å². The zero-order chi connectivity index (χ0) is 13.2. The summed E-state index contributed by atoms with van der Waals surface area (Å²) >= 11 is 6.21. The van der Waals surface area contributed by atoms with Crippen LogP contribution >= 0.6 is 11.6 Å². The molecule has 1 atom stereocenters. The standard InChI is InChI=1S/C14H17ClN2O2/c15-11-3-1-2-4-12(11)17-13(9-19-14(17)18)10-5-7-16-8-6-10/h1-4,10,13,16H,5-9H2. The van der Waals surface area contributed by atoms with Gasteiger partial charge in [-0.15, -0.1) is 0 Å². The van der Waals surface area contributed by atoms with Gasteiger partial charge < -0.3 is 10.1 Å². The van der Waals surface area contributed by atoms with E-state index >= 15 is 0 Å². The van der Waals surface area contributed by atoms with E-state index in [1.165, 1.54) is 0 Å². The van der Waals surface area contributed by atoms with Crippen LogP contribution in [0, 0.1) is 5.92 Å². The summed E-state index contributed by atoms with van der Waals surface area (Å²) in [7, 11) is 0. The van der Waals surface area contributed by atoms with E-state index < -0.39 is 0 Å². The molecule has 0 saturated carbocycles. The summed E-state index contributed by atoms with van der Waals surface area (Å²) < 4.78 is 5.25. The fraction of sp³-hybridized carbons (Fsp3) is 0.500. The van der Waals surface area contributed by atoms with Crippen LogP contribution in [0.25, 0.3) is 0 Å². The Balaban J connectivity index is 1.88. The number of piperidine rings is 1. The smallest absolute Gasteiger partial charge is 0.414 e. The van der Waals surface area contributed by atoms with Gasteiger partial charge in [0.15, 0.2) is 0 Å². The summed E-state index contributed by atoms with van der Waals surface area (Å²) in [6, 6.07) is 7.55. The second-order valence-corrected chi connectivity index (χ2v) is 5.46. The molecule has 1 unspecified atom stereocenters. The molecule has 0 radical (unpaired) electrons. The first-order valence-electron chi connectivity index (χ1n) is 6.68. The van der Waals surface area contributed by atoms with E-state index in [0.717, 1.165) is 31.6 Å². The van der Waals surface area contributed by atoms with Gasteiger partial charge in [0, 0.05) is 0 Å². The van der Waals surface area contributed by atoms with Crippen molar-refractivity contribution in [2.24, 2.45) is 5.92 Å². The molecule has 0 aliphatic carbocycles. The van der Waals surface area contributed by atoms with Gasteiger partial charge >= 0.3 is 6.09 Å². The average molecular weight is 281 g/mol. The molecule has 0 bridgehead atoms. The summed E-state index contributed by atoms with van der Waals surface area (Å²) in [5.74, 6) is 0.476. The average Bonchev–Trinajstić information content (AvgIpc) is 2.82. The van der Waals surface area contributed by atoms with Crippen LogP contribution in [-0.4, -0.2) is 31.8 Å². The van der Waals surface area contributed by atoms with Gasteiger partial charge in [-0.2, -0.15) is 0 Å². The number of carbonyl (C=O) groups excluding carboxylic acids is 1. The molecular formula is C14H17ClN2O2. The maximum absolute atomic E-state index is 12.0. The number of rotatable bonds is 2. The van der Waals surface area contributed by atoms with Gasteiger partial charge in [-0.05, 0) is 44.0 Å². The molecule has 3 rings (SSSR count). The molecule has 4 nitrogen and oxygen atoms in total. The first kappa shape index (κ1) is 12.8. The number of cyclic esters (lactones) is 1. The molecule has 2 aliphatic heterocycles. The fourth-order valence-electron chi connectivity index (χ4n) is 2.94. The lowest BCUT2D eigenvalue weighted by molar-refractivity contribution is 0.174. The van der Waals surface area contributed by atoms with Crippen LogP contribution in [0.3, 0.4) is 0 Å². The monoisotopic (exact) mass is 280 g/mol. The number of para-hydroxylation sites is 1. The fourth-order valence-corrected chi connectivity index (χ4v) is 3.16. The predicted octanol–water partition coefficient (Wildman–Crippen LogP) is 2.66. The van der Waals surface area contributed by atoms with E-state index in [-0.39, 0.29) is 12.1 Å². The summed E-state index contributed by atoms with van der Waals surface area (Å²) in [6.07, 6.45) is 1.86. The van der Waals surface area contributed by atoms with E-state index in [1.807, 2.05) is 24.3 Å². The van der Waals surface area contributed by atoms with E-state index in [0.29, 0.717) is 17.5 Å². The number of benzene rings is 1. The van der Waals surface area contributed by atoms with Crippen LogP contribution in [0.1, 0.15) is 12.8 Å². The molecule has 2 heterocycles. The van der Waals surface area contributed by atoms with Crippen LogP contribution in [-0.2, 0) is 4.74 Å². The maximum atomic E-state index is 12.0. The van der Waals surface area contributed by atoms with Gasteiger partial charge in [0.25, 0.3) is 0 Å². The second kappa shape index (κ2) is 5.39. The Hall–Kier alpha value is -1.26. The van der Waals surface area contributed by atoms with Crippen LogP contribution in [0.5, 0.6) is 0 Å². The van der Waals surface area contributed by atoms with Gasteiger partial charge in [-0.3, -0.25) is 4.90 Å². The lowest BCUT2D eigenvalue weighted by Crippen LogP contribution is -2.43. The van der Waals surface area contributed by atoms with Gasteiger partial charge in [0.05, 0.1) is 16.8 Å². The number of ether oxygens (including phenoxy) is 1. The molecule has 5 heteroatoms. The zero-order valence-electron chi connectivity index (χ0n) is 10.6. The highest BCUT2D eigenvalue weighted by atomic mass is 35.5. The topological polar surface area (TPSA) is 41.6 Å². The molecule has 1 N–H and O–H groups in total. The zero-order valence-corrected chi connectivity index (χ0v) is 11.4. The normalized spacial score (nSPS) is 24.6. The van der Waals surface area contributed by atoms with Crippen LogP contribution in [0.2, 0.25) is 5.02 Å². The quantitative estimate of drug-likeness (QED) is 0.906. The van der Waals surface area contributed by atoms with E-state index in [4.69, 9.17) is 16.3 Å². The minimum Gasteiger partial charge on any atom is -0.447 e. The Bertz CT molecular complexity index is 474. The van der Waals surface area contributed by atoms with Gasteiger partial charge in [-0.25, -0.2) is 4.79 Å². The molecule has 2 saturated heterocycles. The Morgan fingerprint density at radius 1 is 1.26 bits per heavy atom. The van der Waals surface area contributed by atoms with Crippen molar-refractivity contribution in [3.8, 4) is 0 Å². The Labute approximate surface area is 117 Å². The number of nitrogens with one attached hydrogen (secondary N) is 1. The molecular weight excluding hydrogens is 264 g/mol. The van der Waals surface area contributed by atoms with Crippen molar-refractivity contribution in [1.82, 2.24) is 5.32 Å². The number of nitrogens with zero attached hydrogens (tertiary/aromatic N) is 1. The second-order valence-electron chi connectivity index (χ2n) is 5.05. The van der Waals surface area contributed by atoms with Crippen molar-refractivity contribution < 1.29 is 9.53 Å². The molecule has 1 aromatic rings. The van der Waals surface area contributed by atoms with Crippen molar-refractivity contribution in [2.45, 2.75) is 18.9 Å². The van der Waals surface area contributed by atoms with Crippen molar-refractivity contribution in [1.29, 1.82) is 0 Å². The Morgan fingerprint density at radius 3 is 2.74 bits per heavy atom. The third kappa shape index (κ3) is 2.42. The van der Waals surface area contributed by atoms with Crippen LogP contribution in [0.15, 0.2) is 24.3 Å². The number of hydrogen-bond donors (Lipinski definition) is 1. The highest BCUT2D eigenvalue weighted by Gasteiger charge is 2.40. The summed E-state index contributed by atoms with van der Waals surface area (Å²) in [5, 5.41) is 3.94. The van der Waals surface area contributed by atoms with Crippen molar-refractivity contribution in [3.63, 3.8) is 0 Å². The summed E-state index contributed by atoms with van der Waals surface area (Å²) in [4.78, 5) is 13.7. The SMILES string of the molecule is O=C1OCC(C2CCNCC2)N1c1ccccc1Cl. The van der Waals surface area contributed by atoms with Gasteiger partial charge in [0.2, 0.25) is 0 Å². The number of anilines is 1.